The van der Waals surface area contributed by atoms with Gasteiger partial charge in [0.1, 0.15) is 5.01 Å². The number of alkyl halides is 3. The largest absolute Gasteiger partial charge is 0.417 e. The molecule has 0 unspecified atom stereocenters. The van der Waals surface area contributed by atoms with E-state index in [-0.39, 0.29) is 0 Å². The molecule has 0 aromatic carbocycles. The number of aromatic nitrogens is 5. The van der Waals surface area contributed by atoms with Crippen LogP contribution in [0.25, 0.3) is 26.8 Å². The van der Waals surface area contributed by atoms with E-state index in [0.29, 0.717) is 21.2 Å². The lowest BCUT2D eigenvalue weighted by molar-refractivity contribution is -0.137. The van der Waals surface area contributed by atoms with Crippen molar-refractivity contribution in [3.05, 3.63) is 54.2 Å². The predicted molar refractivity (Wildman–Crippen MR) is 87.1 cm³/mol. The molecular formula is C16H10F3N5S. The molecular weight excluding hydrogens is 351 g/mol. The topological polar surface area (TPSA) is 56.0 Å². The first-order valence-corrected chi connectivity index (χ1v) is 8.03. The first-order valence-electron chi connectivity index (χ1n) is 7.21. The summed E-state index contributed by atoms with van der Waals surface area (Å²) in [6, 6.07) is 2.92. The van der Waals surface area contributed by atoms with Crippen molar-refractivity contribution in [1.82, 2.24) is 24.6 Å². The zero-order valence-corrected chi connectivity index (χ0v) is 13.6. The minimum Gasteiger partial charge on any atom is -0.264 e. The average Bonchev–Trinajstić information content (AvgIpc) is 3.15. The number of aryl methyl sites for hydroxylation is 1. The fourth-order valence-corrected chi connectivity index (χ4v) is 3.37. The smallest absolute Gasteiger partial charge is 0.264 e. The Morgan fingerprint density at radius 2 is 1.92 bits per heavy atom. The zero-order valence-electron chi connectivity index (χ0n) is 12.8. The van der Waals surface area contributed by atoms with Crippen molar-refractivity contribution in [2.24, 2.45) is 0 Å². The van der Waals surface area contributed by atoms with Gasteiger partial charge in [-0.1, -0.05) is 11.3 Å². The van der Waals surface area contributed by atoms with Crippen molar-refractivity contribution < 1.29 is 13.2 Å². The highest BCUT2D eigenvalue weighted by Gasteiger charge is 2.31. The SMILES string of the molecule is Cc1ccncc1-c1nn2c(-c3cncc(C(F)(F)F)c3)cnc2s1. The van der Waals surface area contributed by atoms with Gasteiger partial charge in [-0.05, 0) is 24.6 Å². The average molecular weight is 361 g/mol. The van der Waals surface area contributed by atoms with Gasteiger partial charge in [-0.3, -0.25) is 9.97 Å². The minimum absolute atomic E-state index is 0.307. The quantitative estimate of drug-likeness (QED) is 0.536. The van der Waals surface area contributed by atoms with E-state index in [1.165, 1.54) is 28.2 Å². The molecule has 126 valence electrons. The number of pyridine rings is 2. The van der Waals surface area contributed by atoms with E-state index in [1.807, 2.05) is 13.0 Å². The molecule has 0 aliphatic rings. The van der Waals surface area contributed by atoms with Gasteiger partial charge in [0.15, 0.2) is 0 Å². The van der Waals surface area contributed by atoms with Gasteiger partial charge in [0, 0.05) is 35.9 Å². The van der Waals surface area contributed by atoms with E-state index in [0.717, 1.165) is 23.4 Å². The van der Waals surface area contributed by atoms with Crippen LogP contribution in [0, 0.1) is 6.92 Å². The Bertz CT molecular complexity index is 1070. The number of imidazole rings is 1. The molecule has 0 spiro atoms. The molecule has 0 bridgehead atoms. The van der Waals surface area contributed by atoms with Crippen LogP contribution in [0.2, 0.25) is 0 Å². The van der Waals surface area contributed by atoms with Crippen molar-refractivity contribution in [1.29, 1.82) is 0 Å². The van der Waals surface area contributed by atoms with E-state index >= 15 is 0 Å². The van der Waals surface area contributed by atoms with Gasteiger partial charge in [0.05, 0.1) is 17.5 Å². The summed E-state index contributed by atoms with van der Waals surface area (Å²) < 4.78 is 40.3. The fraction of sp³-hybridized carbons (Fsp3) is 0.125. The third-order valence-corrected chi connectivity index (χ3v) is 4.67. The Morgan fingerprint density at radius 1 is 1.08 bits per heavy atom. The van der Waals surface area contributed by atoms with Crippen LogP contribution in [0.15, 0.2) is 43.1 Å². The second-order valence-electron chi connectivity index (χ2n) is 5.40. The van der Waals surface area contributed by atoms with Crippen LogP contribution in [0.4, 0.5) is 13.2 Å². The van der Waals surface area contributed by atoms with Crippen LogP contribution in [0.3, 0.4) is 0 Å². The van der Waals surface area contributed by atoms with Crippen LogP contribution in [-0.4, -0.2) is 24.6 Å². The van der Waals surface area contributed by atoms with Crippen LogP contribution in [0.1, 0.15) is 11.1 Å². The molecule has 5 nitrogen and oxygen atoms in total. The highest BCUT2D eigenvalue weighted by molar-refractivity contribution is 7.19. The highest BCUT2D eigenvalue weighted by atomic mass is 32.1. The van der Waals surface area contributed by atoms with Gasteiger partial charge in [-0.15, -0.1) is 0 Å². The van der Waals surface area contributed by atoms with Crippen molar-refractivity contribution in [2.45, 2.75) is 13.1 Å². The molecule has 4 aromatic heterocycles. The molecule has 4 rings (SSSR count). The van der Waals surface area contributed by atoms with E-state index in [4.69, 9.17) is 0 Å². The summed E-state index contributed by atoms with van der Waals surface area (Å²) >= 11 is 1.35. The summed E-state index contributed by atoms with van der Waals surface area (Å²) in [6.45, 7) is 1.94. The van der Waals surface area contributed by atoms with Crippen molar-refractivity contribution in [3.8, 4) is 21.8 Å². The van der Waals surface area contributed by atoms with Gasteiger partial charge in [0.2, 0.25) is 4.96 Å². The Balaban J connectivity index is 1.84. The van der Waals surface area contributed by atoms with Crippen molar-refractivity contribution in [3.63, 3.8) is 0 Å². The van der Waals surface area contributed by atoms with E-state index in [9.17, 15) is 13.2 Å². The lowest BCUT2D eigenvalue weighted by atomic mass is 10.1. The molecule has 0 aliphatic heterocycles. The lowest BCUT2D eigenvalue weighted by Crippen LogP contribution is -2.05. The molecule has 0 amide bonds. The van der Waals surface area contributed by atoms with Crippen LogP contribution < -0.4 is 0 Å². The van der Waals surface area contributed by atoms with E-state index < -0.39 is 11.7 Å². The summed E-state index contributed by atoms with van der Waals surface area (Å²) in [5, 5.41) is 5.20. The summed E-state index contributed by atoms with van der Waals surface area (Å²) in [5.41, 5.74) is 1.83. The Hall–Kier alpha value is -2.81. The van der Waals surface area contributed by atoms with E-state index in [1.54, 1.807) is 12.4 Å². The van der Waals surface area contributed by atoms with Crippen molar-refractivity contribution in [2.75, 3.05) is 0 Å². The highest BCUT2D eigenvalue weighted by Crippen LogP contribution is 2.33. The fourth-order valence-electron chi connectivity index (χ4n) is 2.42. The third-order valence-electron chi connectivity index (χ3n) is 3.72. The molecule has 25 heavy (non-hydrogen) atoms. The van der Waals surface area contributed by atoms with Gasteiger partial charge < -0.3 is 0 Å². The summed E-state index contributed by atoms with van der Waals surface area (Å²) in [6.07, 6.45) is 2.61. The maximum Gasteiger partial charge on any atom is 0.417 e. The van der Waals surface area contributed by atoms with E-state index in [2.05, 4.69) is 20.1 Å². The molecule has 4 heterocycles. The van der Waals surface area contributed by atoms with Gasteiger partial charge in [-0.25, -0.2) is 9.50 Å². The van der Waals surface area contributed by atoms with Gasteiger partial charge in [0.25, 0.3) is 0 Å². The van der Waals surface area contributed by atoms with Gasteiger partial charge >= 0.3 is 6.18 Å². The van der Waals surface area contributed by atoms with Crippen LogP contribution in [-0.2, 0) is 6.18 Å². The maximum absolute atomic E-state index is 12.9. The number of rotatable bonds is 2. The maximum atomic E-state index is 12.9. The minimum atomic E-state index is -4.45. The standard InChI is InChI=1S/C16H10F3N5S/c1-9-2-3-20-7-12(9)14-23-24-13(8-22-15(24)25-14)10-4-11(6-21-5-10)16(17,18)19/h2-8H,1H3. The molecule has 4 aromatic rings. The van der Waals surface area contributed by atoms with Crippen LogP contribution in [0.5, 0.6) is 0 Å². The Morgan fingerprint density at radius 3 is 2.68 bits per heavy atom. The Kier molecular flexibility index (Phi) is 3.53. The van der Waals surface area contributed by atoms with Gasteiger partial charge in [-0.2, -0.15) is 18.3 Å². The molecule has 0 radical (unpaired) electrons. The second kappa shape index (κ2) is 5.62. The second-order valence-corrected chi connectivity index (χ2v) is 6.35. The number of nitrogens with zero attached hydrogens (tertiary/aromatic N) is 5. The molecule has 0 aliphatic carbocycles. The van der Waals surface area contributed by atoms with Crippen molar-refractivity contribution >= 4 is 16.3 Å². The number of hydrogen-bond donors (Lipinski definition) is 0. The Labute approximate surface area is 143 Å². The molecule has 9 heteroatoms. The monoisotopic (exact) mass is 361 g/mol. The number of hydrogen-bond acceptors (Lipinski definition) is 5. The summed E-state index contributed by atoms with van der Waals surface area (Å²) in [4.78, 5) is 12.6. The summed E-state index contributed by atoms with van der Waals surface area (Å²) in [7, 11) is 0. The first-order chi connectivity index (χ1) is 11.9. The summed E-state index contributed by atoms with van der Waals surface area (Å²) in [5.74, 6) is 0. The van der Waals surface area contributed by atoms with Crippen LogP contribution >= 0.6 is 11.3 Å². The molecule has 0 saturated heterocycles. The number of halogens is 3. The lowest BCUT2D eigenvalue weighted by Gasteiger charge is -2.07. The number of fused-ring (bicyclic) bond motifs is 1. The molecule has 0 atom stereocenters. The predicted octanol–water partition coefficient (Wildman–Crippen LogP) is 4.24. The molecule has 0 N–H and O–H groups in total. The normalized spacial score (nSPS) is 12.0. The first kappa shape index (κ1) is 15.7. The molecule has 0 saturated carbocycles. The molecule has 0 fully saturated rings. The zero-order chi connectivity index (χ0) is 17.6. The third kappa shape index (κ3) is 2.76.